The summed E-state index contributed by atoms with van der Waals surface area (Å²) < 4.78 is 12.8. The number of anilines is 1. The number of halogens is 1. The normalized spacial score (nSPS) is 29.3. The summed E-state index contributed by atoms with van der Waals surface area (Å²) in [6, 6.07) is 6.76. The molecule has 1 heterocycles. The van der Waals surface area contributed by atoms with Crippen molar-refractivity contribution in [3.8, 4) is 0 Å². The molecule has 1 aliphatic carbocycles. The van der Waals surface area contributed by atoms with E-state index in [2.05, 4.69) is 5.32 Å². The molecule has 1 unspecified atom stereocenters. The molecular weight excluding hydrogens is 247 g/mol. The standard InChI is InChI=1S/C14H17FN2O2/c15-11-1-3-12(4-2-11)16-13-5-9-7-17(14(18)19)8-10(9)6-13/h1-4,9-10,13,16H,5-8H2,(H,18,19)/t9-,10+,13?. The molecule has 0 radical (unpaired) electrons. The zero-order chi connectivity index (χ0) is 13.4. The van der Waals surface area contributed by atoms with Gasteiger partial charge in [0.2, 0.25) is 0 Å². The number of hydrogen-bond acceptors (Lipinski definition) is 2. The van der Waals surface area contributed by atoms with Crippen LogP contribution in [-0.4, -0.2) is 35.2 Å². The average Bonchev–Trinajstić information content (AvgIpc) is 2.90. The molecule has 1 aliphatic heterocycles. The van der Waals surface area contributed by atoms with E-state index in [1.54, 1.807) is 12.1 Å². The molecule has 2 N–H and O–H groups in total. The summed E-state index contributed by atoms with van der Waals surface area (Å²) in [4.78, 5) is 12.4. The lowest BCUT2D eigenvalue weighted by Gasteiger charge is -2.18. The molecule has 19 heavy (non-hydrogen) atoms. The van der Waals surface area contributed by atoms with Gasteiger partial charge < -0.3 is 15.3 Å². The third kappa shape index (κ3) is 2.50. The molecular formula is C14H17FN2O2. The largest absolute Gasteiger partial charge is 0.465 e. The van der Waals surface area contributed by atoms with Crippen molar-refractivity contribution in [3.63, 3.8) is 0 Å². The smallest absolute Gasteiger partial charge is 0.407 e. The van der Waals surface area contributed by atoms with Gasteiger partial charge in [0, 0.05) is 24.8 Å². The Morgan fingerprint density at radius 3 is 2.32 bits per heavy atom. The molecule has 4 nitrogen and oxygen atoms in total. The number of nitrogens with one attached hydrogen (secondary N) is 1. The van der Waals surface area contributed by atoms with Crippen molar-refractivity contribution >= 4 is 11.8 Å². The summed E-state index contributed by atoms with van der Waals surface area (Å²) in [5.74, 6) is 0.703. The second-order valence-electron chi connectivity index (χ2n) is 5.53. The van der Waals surface area contributed by atoms with Crippen molar-refractivity contribution in [2.75, 3.05) is 18.4 Å². The molecule has 2 fully saturated rings. The predicted octanol–water partition coefficient (Wildman–Crippen LogP) is 2.63. The maximum Gasteiger partial charge on any atom is 0.407 e. The van der Waals surface area contributed by atoms with Gasteiger partial charge in [-0.2, -0.15) is 0 Å². The van der Waals surface area contributed by atoms with Crippen LogP contribution in [0.25, 0.3) is 0 Å². The fourth-order valence-corrected chi connectivity index (χ4v) is 3.36. The molecule has 1 amide bonds. The van der Waals surface area contributed by atoms with E-state index in [-0.39, 0.29) is 5.82 Å². The second-order valence-corrected chi connectivity index (χ2v) is 5.53. The van der Waals surface area contributed by atoms with Crippen LogP contribution in [0.1, 0.15) is 12.8 Å². The van der Waals surface area contributed by atoms with Crippen LogP contribution >= 0.6 is 0 Å². The molecule has 1 aromatic carbocycles. The van der Waals surface area contributed by atoms with Crippen molar-refractivity contribution in [2.24, 2.45) is 11.8 Å². The summed E-state index contributed by atoms with van der Waals surface area (Å²) >= 11 is 0. The number of carbonyl (C=O) groups is 1. The quantitative estimate of drug-likeness (QED) is 0.863. The molecule has 0 spiro atoms. The summed E-state index contributed by atoms with van der Waals surface area (Å²) in [6.07, 6.45) is 1.18. The lowest BCUT2D eigenvalue weighted by molar-refractivity contribution is 0.152. The maximum absolute atomic E-state index is 12.8. The minimum Gasteiger partial charge on any atom is -0.465 e. The van der Waals surface area contributed by atoms with Gasteiger partial charge in [-0.1, -0.05) is 0 Å². The highest BCUT2D eigenvalue weighted by Gasteiger charge is 2.42. The SMILES string of the molecule is O=C(O)N1C[C@H]2CC(Nc3ccc(F)cc3)C[C@H]2C1. The van der Waals surface area contributed by atoms with Crippen LogP contribution in [0.3, 0.4) is 0 Å². The third-order valence-corrected chi connectivity index (χ3v) is 4.24. The van der Waals surface area contributed by atoms with Crippen LogP contribution in [0.15, 0.2) is 24.3 Å². The Morgan fingerprint density at radius 2 is 1.79 bits per heavy atom. The summed E-state index contributed by atoms with van der Waals surface area (Å²) in [7, 11) is 0. The van der Waals surface area contributed by atoms with Gasteiger partial charge in [0.25, 0.3) is 0 Å². The molecule has 1 saturated heterocycles. The molecule has 3 rings (SSSR count). The van der Waals surface area contributed by atoms with Crippen molar-refractivity contribution in [3.05, 3.63) is 30.1 Å². The van der Waals surface area contributed by atoms with Crippen LogP contribution in [0.4, 0.5) is 14.9 Å². The number of likely N-dealkylation sites (tertiary alicyclic amines) is 1. The van der Waals surface area contributed by atoms with E-state index in [0.717, 1.165) is 18.5 Å². The summed E-state index contributed by atoms with van der Waals surface area (Å²) in [5, 5.41) is 12.4. The number of nitrogens with zero attached hydrogens (tertiary/aromatic N) is 1. The van der Waals surface area contributed by atoms with Crippen molar-refractivity contribution in [1.29, 1.82) is 0 Å². The summed E-state index contributed by atoms with van der Waals surface area (Å²) in [5.41, 5.74) is 0.932. The monoisotopic (exact) mass is 264 g/mol. The Bertz CT molecular complexity index is 463. The molecule has 0 bridgehead atoms. The fraction of sp³-hybridized carbons (Fsp3) is 0.500. The van der Waals surface area contributed by atoms with E-state index in [1.807, 2.05) is 0 Å². The first-order chi connectivity index (χ1) is 9.11. The van der Waals surface area contributed by atoms with Crippen molar-refractivity contribution < 1.29 is 14.3 Å². The zero-order valence-corrected chi connectivity index (χ0v) is 10.6. The van der Waals surface area contributed by atoms with Gasteiger partial charge in [-0.15, -0.1) is 0 Å². The number of carboxylic acid groups (broad SMARTS) is 1. The van der Waals surface area contributed by atoms with Gasteiger partial charge >= 0.3 is 6.09 Å². The number of hydrogen-bond donors (Lipinski definition) is 2. The lowest BCUT2D eigenvalue weighted by atomic mass is 10.0. The van der Waals surface area contributed by atoms with Gasteiger partial charge in [0.05, 0.1) is 0 Å². The molecule has 102 valence electrons. The fourth-order valence-electron chi connectivity index (χ4n) is 3.36. The predicted molar refractivity (Wildman–Crippen MR) is 69.6 cm³/mol. The molecule has 3 atom stereocenters. The van der Waals surface area contributed by atoms with E-state index in [1.165, 1.54) is 17.0 Å². The Morgan fingerprint density at radius 1 is 1.21 bits per heavy atom. The second kappa shape index (κ2) is 4.72. The molecule has 0 aromatic heterocycles. The highest BCUT2D eigenvalue weighted by Crippen LogP contribution is 2.39. The minimum absolute atomic E-state index is 0.231. The van der Waals surface area contributed by atoms with Gasteiger partial charge in [0.15, 0.2) is 0 Å². The van der Waals surface area contributed by atoms with E-state index in [4.69, 9.17) is 5.11 Å². The molecule has 2 aliphatic rings. The highest BCUT2D eigenvalue weighted by atomic mass is 19.1. The van der Waals surface area contributed by atoms with Crippen LogP contribution in [0, 0.1) is 17.7 Å². The van der Waals surface area contributed by atoms with Gasteiger partial charge in [-0.3, -0.25) is 0 Å². The van der Waals surface area contributed by atoms with Gasteiger partial charge in [0.1, 0.15) is 5.82 Å². The number of fused-ring (bicyclic) bond motifs is 1. The first-order valence-corrected chi connectivity index (χ1v) is 6.62. The van der Waals surface area contributed by atoms with Gasteiger partial charge in [-0.25, -0.2) is 9.18 Å². The van der Waals surface area contributed by atoms with Gasteiger partial charge in [-0.05, 0) is 48.9 Å². The third-order valence-electron chi connectivity index (χ3n) is 4.24. The number of rotatable bonds is 2. The van der Waals surface area contributed by atoms with Crippen molar-refractivity contribution in [1.82, 2.24) is 4.90 Å². The van der Waals surface area contributed by atoms with Crippen LogP contribution in [0.2, 0.25) is 0 Å². The van der Waals surface area contributed by atoms with Crippen LogP contribution in [-0.2, 0) is 0 Å². The maximum atomic E-state index is 12.8. The highest BCUT2D eigenvalue weighted by molar-refractivity contribution is 5.65. The van der Waals surface area contributed by atoms with E-state index >= 15 is 0 Å². The zero-order valence-electron chi connectivity index (χ0n) is 10.6. The lowest BCUT2D eigenvalue weighted by Crippen LogP contribution is -2.29. The Balaban J connectivity index is 1.57. The first-order valence-electron chi connectivity index (χ1n) is 6.62. The molecule has 1 saturated carbocycles. The summed E-state index contributed by atoms with van der Waals surface area (Å²) in [6.45, 7) is 1.31. The van der Waals surface area contributed by atoms with E-state index < -0.39 is 6.09 Å². The first kappa shape index (κ1) is 12.3. The van der Waals surface area contributed by atoms with Crippen LogP contribution < -0.4 is 5.32 Å². The number of benzene rings is 1. The van der Waals surface area contributed by atoms with E-state index in [0.29, 0.717) is 31.0 Å². The minimum atomic E-state index is -0.808. The van der Waals surface area contributed by atoms with Crippen molar-refractivity contribution in [2.45, 2.75) is 18.9 Å². The number of amides is 1. The molecule has 5 heteroatoms. The van der Waals surface area contributed by atoms with Crippen LogP contribution in [0.5, 0.6) is 0 Å². The Hall–Kier alpha value is -1.78. The average molecular weight is 264 g/mol. The van der Waals surface area contributed by atoms with E-state index in [9.17, 15) is 9.18 Å². The topological polar surface area (TPSA) is 52.6 Å². The Labute approximate surface area is 111 Å². The molecule has 1 aromatic rings. The Kier molecular flexibility index (Phi) is 3.05.